The average molecular weight is 246 g/mol. The lowest BCUT2D eigenvalue weighted by Gasteiger charge is -2.27. The largest absolute Gasteiger partial charge is 0.490 e. The van der Waals surface area contributed by atoms with E-state index in [2.05, 4.69) is 0 Å². The maximum atomic E-state index is 10.8. The van der Waals surface area contributed by atoms with Crippen molar-refractivity contribution in [1.82, 2.24) is 0 Å². The summed E-state index contributed by atoms with van der Waals surface area (Å²) in [6.07, 6.45) is 9.31. The summed E-state index contributed by atoms with van der Waals surface area (Å²) in [7, 11) is 0. The van der Waals surface area contributed by atoms with Gasteiger partial charge in [-0.2, -0.15) is 0 Å². The van der Waals surface area contributed by atoms with Crippen LogP contribution < -0.4 is 4.74 Å². The predicted octanol–water partition coefficient (Wildman–Crippen LogP) is 3.77. The first-order valence-electron chi connectivity index (χ1n) is 7.26. The van der Waals surface area contributed by atoms with Crippen LogP contribution >= 0.6 is 0 Å². The molecule has 1 aromatic carbocycles. The molecular weight excluding hydrogens is 224 g/mol. The lowest BCUT2D eigenvalue weighted by molar-refractivity contribution is 0.0204. The molecule has 2 heteroatoms. The summed E-state index contributed by atoms with van der Waals surface area (Å²) < 4.78 is 5.82. The van der Waals surface area contributed by atoms with Crippen molar-refractivity contribution < 1.29 is 9.84 Å². The van der Waals surface area contributed by atoms with Crippen LogP contribution in [0.5, 0.6) is 5.75 Å². The molecule has 0 aromatic heterocycles. The molecule has 1 aromatic rings. The van der Waals surface area contributed by atoms with Crippen molar-refractivity contribution in [2.24, 2.45) is 0 Å². The van der Waals surface area contributed by atoms with Crippen LogP contribution in [0.3, 0.4) is 0 Å². The molecule has 18 heavy (non-hydrogen) atoms. The molecule has 2 saturated carbocycles. The monoisotopic (exact) mass is 246 g/mol. The van der Waals surface area contributed by atoms with Crippen LogP contribution in [-0.4, -0.2) is 11.2 Å². The van der Waals surface area contributed by atoms with Crippen LogP contribution in [0.4, 0.5) is 0 Å². The minimum Gasteiger partial charge on any atom is -0.490 e. The van der Waals surface area contributed by atoms with Gasteiger partial charge in [-0.25, -0.2) is 0 Å². The fraction of sp³-hybridized carbons (Fsp3) is 0.625. The van der Waals surface area contributed by atoms with E-state index in [1.54, 1.807) is 0 Å². The second-order valence-corrected chi connectivity index (χ2v) is 5.79. The van der Waals surface area contributed by atoms with Crippen LogP contribution in [0.1, 0.15) is 56.9 Å². The zero-order valence-electron chi connectivity index (χ0n) is 10.9. The van der Waals surface area contributed by atoms with Crippen molar-refractivity contribution in [1.29, 1.82) is 0 Å². The highest BCUT2D eigenvalue weighted by Gasteiger charge is 2.30. The topological polar surface area (TPSA) is 29.5 Å². The SMILES string of the molecule is OC1(c2cccc(OC3CC3)c2)CCCCCC1. The molecule has 0 bridgehead atoms. The summed E-state index contributed by atoms with van der Waals surface area (Å²) in [5, 5.41) is 10.8. The van der Waals surface area contributed by atoms with E-state index < -0.39 is 5.60 Å². The van der Waals surface area contributed by atoms with Gasteiger partial charge >= 0.3 is 0 Å². The first-order valence-corrected chi connectivity index (χ1v) is 7.26. The third-order valence-electron chi connectivity index (χ3n) is 4.13. The van der Waals surface area contributed by atoms with E-state index in [0.717, 1.165) is 37.0 Å². The molecule has 0 saturated heterocycles. The summed E-state index contributed by atoms with van der Waals surface area (Å²) in [5.41, 5.74) is 0.418. The molecule has 0 radical (unpaired) electrons. The Bertz CT molecular complexity index is 401. The molecule has 0 amide bonds. The van der Waals surface area contributed by atoms with Gasteiger partial charge in [0.2, 0.25) is 0 Å². The second-order valence-electron chi connectivity index (χ2n) is 5.79. The van der Waals surface area contributed by atoms with Gasteiger partial charge in [0.05, 0.1) is 11.7 Å². The molecule has 2 aliphatic rings. The highest BCUT2D eigenvalue weighted by atomic mass is 16.5. The van der Waals surface area contributed by atoms with Crippen molar-refractivity contribution in [3.8, 4) is 5.75 Å². The Balaban J connectivity index is 1.80. The summed E-state index contributed by atoms with van der Waals surface area (Å²) in [4.78, 5) is 0. The molecule has 2 nitrogen and oxygen atoms in total. The first kappa shape index (κ1) is 12.0. The summed E-state index contributed by atoms with van der Waals surface area (Å²) >= 11 is 0. The highest BCUT2D eigenvalue weighted by molar-refractivity contribution is 5.33. The third-order valence-corrected chi connectivity index (χ3v) is 4.13. The molecule has 3 rings (SSSR count). The number of aliphatic hydroxyl groups is 1. The van der Waals surface area contributed by atoms with Gasteiger partial charge < -0.3 is 9.84 Å². The molecule has 0 spiro atoms. The number of hydrogen-bond acceptors (Lipinski definition) is 2. The lowest BCUT2D eigenvalue weighted by Crippen LogP contribution is -2.24. The molecule has 2 aliphatic carbocycles. The van der Waals surface area contributed by atoms with Gasteiger partial charge in [0, 0.05) is 0 Å². The Hall–Kier alpha value is -1.02. The first-order chi connectivity index (χ1) is 8.76. The third kappa shape index (κ3) is 2.69. The number of rotatable bonds is 3. The van der Waals surface area contributed by atoms with Crippen molar-refractivity contribution in [3.63, 3.8) is 0 Å². The van der Waals surface area contributed by atoms with Gasteiger partial charge in [0.1, 0.15) is 5.75 Å². The minimum absolute atomic E-state index is 0.420. The molecular formula is C16H22O2. The van der Waals surface area contributed by atoms with Gasteiger partial charge in [-0.3, -0.25) is 0 Å². The molecule has 0 unspecified atom stereocenters. The molecule has 0 aliphatic heterocycles. The molecule has 98 valence electrons. The fourth-order valence-electron chi connectivity index (χ4n) is 2.84. The van der Waals surface area contributed by atoms with E-state index in [4.69, 9.17) is 4.74 Å². The number of benzene rings is 1. The van der Waals surface area contributed by atoms with E-state index in [1.807, 2.05) is 24.3 Å². The van der Waals surface area contributed by atoms with E-state index >= 15 is 0 Å². The zero-order valence-corrected chi connectivity index (χ0v) is 10.9. The number of ether oxygens (including phenoxy) is 1. The summed E-state index contributed by atoms with van der Waals surface area (Å²) in [6.45, 7) is 0. The maximum absolute atomic E-state index is 10.8. The maximum Gasteiger partial charge on any atom is 0.120 e. The van der Waals surface area contributed by atoms with E-state index in [9.17, 15) is 5.11 Å². The summed E-state index contributed by atoms with van der Waals surface area (Å²) in [5.74, 6) is 0.924. The predicted molar refractivity (Wildman–Crippen MR) is 71.7 cm³/mol. The quantitative estimate of drug-likeness (QED) is 0.823. The molecule has 2 fully saturated rings. The lowest BCUT2D eigenvalue weighted by atomic mass is 9.86. The van der Waals surface area contributed by atoms with Crippen LogP contribution in [0.2, 0.25) is 0 Å². The normalized spacial score (nSPS) is 23.4. The fourth-order valence-corrected chi connectivity index (χ4v) is 2.84. The van der Waals surface area contributed by atoms with E-state index in [0.29, 0.717) is 6.10 Å². The van der Waals surface area contributed by atoms with Crippen LogP contribution in [0.25, 0.3) is 0 Å². The van der Waals surface area contributed by atoms with Crippen molar-refractivity contribution in [2.75, 3.05) is 0 Å². The Morgan fingerprint density at radius 3 is 2.44 bits per heavy atom. The Kier molecular flexibility index (Phi) is 3.29. The zero-order chi connectivity index (χ0) is 12.4. The Labute approximate surface area is 109 Å². The number of hydrogen-bond donors (Lipinski definition) is 1. The Morgan fingerprint density at radius 2 is 1.78 bits per heavy atom. The molecule has 0 atom stereocenters. The van der Waals surface area contributed by atoms with Crippen LogP contribution in [0, 0.1) is 0 Å². The van der Waals surface area contributed by atoms with Crippen LogP contribution in [-0.2, 0) is 5.60 Å². The van der Waals surface area contributed by atoms with Gasteiger partial charge in [-0.05, 0) is 43.4 Å². The van der Waals surface area contributed by atoms with Gasteiger partial charge in [0.15, 0.2) is 0 Å². The van der Waals surface area contributed by atoms with Crippen LogP contribution in [0.15, 0.2) is 24.3 Å². The van der Waals surface area contributed by atoms with Gasteiger partial charge in [-0.15, -0.1) is 0 Å². The molecule has 1 N–H and O–H groups in total. The van der Waals surface area contributed by atoms with Crippen molar-refractivity contribution in [2.45, 2.75) is 63.1 Å². The van der Waals surface area contributed by atoms with E-state index in [1.165, 1.54) is 25.7 Å². The molecule has 0 heterocycles. The summed E-state index contributed by atoms with van der Waals surface area (Å²) in [6, 6.07) is 8.10. The Morgan fingerprint density at radius 1 is 1.06 bits per heavy atom. The second kappa shape index (κ2) is 4.93. The highest BCUT2D eigenvalue weighted by Crippen LogP contribution is 2.37. The smallest absolute Gasteiger partial charge is 0.120 e. The van der Waals surface area contributed by atoms with Gasteiger partial charge in [0.25, 0.3) is 0 Å². The van der Waals surface area contributed by atoms with Crippen molar-refractivity contribution in [3.05, 3.63) is 29.8 Å². The van der Waals surface area contributed by atoms with Gasteiger partial charge in [-0.1, -0.05) is 37.8 Å². The average Bonchev–Trinajstić information content (AvgIpc) is 3.18. The standard InChI is InChI=1S/C16H22O2/c17-16(10-3-1-2-4-11-16)13-6-5-7-15(12-13)18-14-8-9-14/h5-7,12,14,17H,1-4,8-11H2. The van der Waals surface area contributed by atoms with E-state index in [-0.39, 0.29) is 0 Å². The van der Waals surface area contributed by atoms with Crippen molar-refractivity contribution >= 4 is 0 Å². The minimum atomic E-state index is -0.626.